The molecule has 1 amide bonds. The number of rotatable bonds is 6. The molecule has 2 aromatic heterocycles. The Labute approximate surface area is 192 Å². The Morgan fingerprint density at radius 2 is 2.00 bits per heavy atom. The molecule has 0 fully saturated rings. The zero-order valence-electron chi connectivity index (χ0n) is 16.9. The molecule has 3 heterocycles. The van der Waals surface area contributed by atoms with Gasteiger partial charge in [-0.1, -0.05) is 17.4 Å². The predicted octanol–water partition coefficient (Wildman–Crippen LogP) is 5.74. The lowest BCUT2D eigenvalue weighted by Crippen LogP contribution is -2.33. The van der Waals surface area contributed by atoms with Gasteiger partial charge in [-0.2, -0.15) is 0 Å². The van der Waals surface area contributed by atoms with Crippen molar-refractivity contribution in [3.8, 4) is 11.5 Å². The van der Waals surface area contributed by atoms with Crippen LogP contribution in [0.3, 0.4) is 0 Å². The average molecular weight is 469 g/mol. The Bertz CT molecular complexity index is 1220. The van der Waals surface area contributed by atoms with Crippen molar-refractivity contribution in [1.29, 1.82) is 0 Å². The van der Waals surface area contributed by atoms with Crippen LogP contribution in [-0.2, 0) is 6.42 Å². The van der Waals surface area contributed by atoms with Gasteiger partial charge < -0.3 is 9.47 Å². The molecule has 5 nitrogen and oxygen atoms in total. The van der Waals surface area contributed by atoms with Crippen LogP contribution in [0.2, 0.25) is 0 Å². The number of benzene rings is 2. The number of thiophene rings is 1. The van der Waals surface area contributed by atoms with Crippen LogP contribution in [0.5, 0.6) is 11.5 Å². The van der Waals surface area contributed by atoms with E-state index in [0.717, 1.165) is 16.6 Å². The zero-order valence-corrected chi connectivity index (χ0v) is 19.3. The highest BCUT2D eigenvalue weighted by molar-refractivity contribution is 7.98. The zero-order chi connectivity index (χ0) is 21.2. The van der Waals surface area contributed by atoms with Gasteiger partial charge in [-0.25, -0.2) is 4.98 Å². The molecular weight excluding hydrogens is 448 g/mol. The van der Waals surface area contributed by atoms with Gasteiger partial charge in [0.2, 0.25) is 0 Å². The Balaban J connectivity index is 1.49. The summed E-state index contributed by atoms with van der Waals surface area (Å²) in [4.78, 5) is 22.6. The SMILES string of the molecule is CSc1ccc2nc(N(CCc3cccs3)C(=O)c3ccc4c(c3)OCCO4)sc2c1. The number of hydrogen-bond acceptors (Lipinski definition) is 7. The van der Waals surface area contributed by atoms with Gasteiger partial charge >= 0.3 is 0 Å². The van der Waals surface area contributed by atoms with Crippen molar-refractivity contribution in [2.24, 2.45) is 0 Å². The van der Waals surface area contributed by atoms with Crippen LogP contribution in [-0.4, -0.2) is 36.9 Å². The van der Waals surface area contributed by atoms with Crippen molar-refractivity contribution in [2.75, 3.05) is 30.9 Å². The summed E-state index contributed by atoms with van der Waals surface area (Å²) in [5, 5.41) is 2.77. The highest BCUT2D eigenvalue weighted by Gasteiger charge is 2.23. The van der Waals surface area contributed by atoms with Gasteiger partial charge in [0.1, 0.15) is 13.2 Å². The first-order chi connectivity index (χ1) is 15.2. The number of nitrogens with zero attached hydrogens (tertiary/aromatic N) is 2. The van der Waals surface area contributed by atoms with Gasteiger partial charge in [0.25, 0.3) is 5.91 Å². The molecular formula is C23H20N2O3S3. The summed E-state index contributed by atoms with van der Waals surface area (Å²) >= 11 is 4.95. The number of fused-ring (bicyclic) bond motifs is 2. The minimum Gasteiger partial charge on any atom is -0.486 e. The molecule has 0 saturated heterocycles. The fraction of sp³-hybridized carbons (Fsp3) is 0.217. The van der Waals surface area contributed by atoms with Crippen molar-refractivity contribution < 1.29 is 14.3 Å². The molecule has 0 unspecified atom stereocenters. The first-order valence-corrected chi connectivity index (χ1v) is 12.8. The first kappa shape index (κ1) is 20.4. The van der Waals surface area contributed by atoms with Crippen molar-refractivity contribution in [2.45, 2.75) is 11.3 Å². The monoisotopic (exact) mass is 468 g/mol. The van der Waals surface area contributed by atoms with E-state index in [1.54, 1.807) is 51.5 Å². The third-order valence-corrected chi connectivity index (χ3v) is 7.71. The van der Waals surface area contributed by atoms with E-state index >= 15 is 0 Å². The average Bonchev–Trinajstić information content (AvgIpc) is 3.48. The van der Waals surface area contributed by atoms with Gasteiger partial charge in [-0.05, 0) is 60.5 Å². The largest absolute Gasteiger partial charge is 0.486 e. The van der Waals surface area contributed by atoms with Crippen LogP contribution in [0, 0.1) is 0 Å². The van der Waals surface area contributed by atoms with E-state index in [4.69, 9.17) is 14.5 Å². The number of amides is 1. The molecule has 4 aromatic rings. The molecule has 158 valence electrons. The second-order valence-corrected chi connectivity index (χ2v) is 9.90. The number of thioether (sulfide) groups is 1. The third kappa shape index (κ3) is 4.28. The van der Waals surface area contributed by atoms with Crippen molar-refractivity contribution in [3.63, 3.8) is 0 Å². The number of aromatic nitrogens is 1. The van der Waals surface area contributed by atoms with Gasteiger partial charge in [-0.3, -0.25) is 9.69 Å². The van der Waals surface area contributed by atoms with Gasteiger partial charge in [0.15, 0.2) is 16.6 Å². The maximum atomic E-state index is 13.6. The second kappa shape index (κ2) is 8.90. The van der Waals surface area contributed by atoms with Crippen LogP contribution in [0.15, 0.2) is 58.8 Å². The van der Waals surface area contributed by atoms with Crippen LogP contribution in [0.4, 0.5) is 5.13 Å². The summed E-state index contributed by atoms with van der Waals surface area (Å²) in [6.45, 7) is 1.57. The van der Waals surface area contributed by atoms with Crippen LogP contribution in [0.1, 0.15) is 15.2 Å². The predicted molar refractivity (Wildman–Crippen MR) is 129 cm³/mol. The fourth-order valence-electron chi connectivity index (χ4n) is 3.43. The quantitative estimate of drug-likeness (QED) is 0.338. The number of thiazole rings is 1. The molecule has 0 saturated carbocycles. The Hall–Kier alpha value is -2.55. The molecule has 0 aliphatic carbocycles. The van der Waals surface area contributed by atoms with E-state index in [1.807, 2.05) is 18.2 Å². The highest BCUT2D eigenvalue weighted by atomic mass is 32.2. The molecule has 0 radical (unpaired) electrons. The van der Waals surface area contributed by atoms with Gasteiger partial charge in [0, 0.05) is 21.9 Å². The van der Waals surface area contributed by atoms with Gasteiger partial charge in [0.05, 0.1) is 10.2 Å². The molecule has 8 heteroatoms. The van der Waals surface area contributed by atoms with E-state index < -0.39 is 0 Å². The second-order valence-electron chi connectivity index (χ2n) is 6.97. The number of ether oxygens (including phenoxy) is 2. The van der Waals surface area contributed by atoms with Crippen LogP contribution >= 0.6 is 34.4 Å². The molecule has 2 aromatic carbocycles. The Kier molecular flexibility index (Phi) is 5.85. The minimum atomic E-state index is -0.0855. The number of carbonyl (C=O) groups excluding carboxylic acids is 1. The van der Waals surface area contributed by atoms with E-state index in [2.05, 4.69) is 29.8 Å². The van der Waals surface area contributed by atoms with Gasteiger partial charge in [-0.15, -0.1) is 23.1 Å². The normalized spacial score (nSPS) is 12.8. The van der Waals surface area contributed by atoms with Crippen molar-refractivity contribution >= 4 is 55.7 Å². The third-order valence-electron chi connectivity index (χ3n) is 5.01. The number of anilines is 1. The highest BCUT2D eigenvalue weighted by Crippen LogP contribution is 2.34. The standard InChI is InChI=1S/C23H20N2O3S3/c1-29-17-5-6-18-21(14-17)31-23(24-18)25(9-8-16-3-2-12-30-16)22(26)15-4-7-19-20(13-15)28-11-10-27-19/h2-7,12-14H,8-11H2,1H3. The number of hydrogen-bond donors (Lipinski definition) is 0. The van der Waals surface area contributed by atoms with Crippen LogP contribution in [0.25, 0.3) is 10.2 Å². The summed E-state index contributed by atoms with van der Waals surface area (Å²) in [6, 6.07) is 15.7. The summed E-state index contributed by atoms with van der Waals surface area (Å²) in [5.74, 6) is 1.21. The van der Waals surface area contributed by atoms with E-state index in [-0.39, 0.29) is 5.91 Å². The smallest absolute Gasteiger partial charge is 0.260 e. The first-order valence-electron chi connectivity index (χ1n) is 9.90. The van der Waals surface area contributed by atoms with E-state index in [1.165, 1.54) is 9.77 Å². The molecule has 1 aliphatic rings. The molecule has 1 aliphatic heterocycles. The summed E-state index contributed by atoms with van der Waals surface area (Å²) in [7, 11) is 0. The molecule has 5 rings (SSSR count). The molecule has 31 heavy (non-hydrogen) atoms. The summed E-state index contributed by atoms with van der Waals surface area (Å²) in [5.41, 5.74) is 1.48. The summed E-state index contributed by atoms with van der Waals surface area (Å²) < 4.78 is 12.4. The lowest BCUT2D eigenvalue weighted by atomic mass is 10.1. The van der Waals surface area contributed by atoms with Crippen molar-refractivity contribution in [1.82, 2.24) is 4.98 Å². The Morgan fingerprint density at radius 3 is 2.81 bits per heavy atom. The maximum absolute atomic E-state index is 13.6. The molecule has 0 spiro atoms. The lowest BCUT2D eigenvalue weighted by molar-refractivity contribution is 0.0986. The maximum Gasteiger partial charge on any atom is 0.260 e. The van der Waals surface area contributed by atoms with E-state index in [0.29, 0.717) is 42.0 Å². The summed E-state index contributed by atoms with van der Waals surface area (Å²) in [6.07, 6.45) is 2.84. The lowest BCUT2D eigenvalue weighted by Gasteiger charge is -2.22. The van der Waals surface area contributed by atoms with Crippen LogP contribution < -0.4 is 14.4 Å². The molecule has 0 N–H and O–H groups in total. The fourth-order valence-corrected chi connectivity index (χ4v) is 5.67. The molecule has 0 bridgehead atoms. The Morgan fingerprint density at radius 1 is 1.13 bits per heavy atom. The molecule has 0 atom stereocenters. The minimum absolute atomic E-state index is 0.0855. The van der Waals surface area contributed by atoms with E-state index in [9.17, 15) is 4.79 Å². The number of carbonyl (C=O) groups is 1. The van der Waals surface area contributed by atoms with Crippen molar-refractivity contribution in [3.05, 3.63) is 64.4 Å². The topological polar surface area (TPSA) is 51.7 Å².